The van der Waals surface area contributed by atoms with Gasteiger partial charge in [0.1, 0.15) is 0 Å². The summed E-state index contributed by atoms with van der Waals surface area (Å²) in [5, 5.41) is 8.70. The molecule has 0 spiro atoms. The summed E-state index contributed by atoms with van der Waals surface area (Å²) in [6.07, 6.45) is -0.718. The zero-order valence-corrected chi connectivity index (χ0v) is 6.66. The Labute approximate surface area is 65.2 Å². The summed E-state index contributed by atoms with van der Waals surface area (Å²) in [5.41, 5.74) is 0. The molecule has 0 bridgehead atoms. The van der Waals surface area contributed by atoms with E-state index in [0.29, 0.717) is 0 Å². The number of carbonyl (C=O) groups excluding carboxylic acids is 2. The Balaban J connectivity index is 3.61. The van der Waals surface area contributed by atoms with Crippen LogP contribution in [0, 0.1) is 0 Å². The van der Waals surface area contributed by atoms with Crippen molar-refractivity contribution in [3.8, 4) is 0 Å². The van der Waals surface area contributed by atoms with Gasteiger partial charge in [0.25, 0.3) is 0 Å². The molecule has 0 radical (unpaired) electrons. The maximum atomic E-state index is 10.6. The lowest BCUT2D eigenvalue weighted by Crippen LogP contribution is -2.16. The third-order valence-corrected chi connectivity index (χ3v) is 0.978. The van der Waals surface area contributed by atoms with Crippen LogP contribution in [-0.2, 0) is 14.3 Å². The normalized spacial score (nSPS) is 12.3. The smallest absolute Gasteiger partial charge is 0.316 e. The molecule has 1 atom stereocenters. The second-order valence-corrected chi connectivity index (χ2v) is 2.25. The molecule has 0 heterocycles. The molecule has 4 heteroatoms. The molecule has 0 aliphatic carbocycles. The molecule has 0 aromatic carbocycles. The number of hydrogen-bond acceptors (Lipinski definition) is 4. The van der Waals surface area contributed by atoms with Crippen LogP contribution in [0.25, 0.3) is 0 Å². The van der Waals surface area contributed by atoms with Crippen LogP contribution in [0.2, 0.25) is 0 Å². The Bertz CT molecular complexity index is 151. The Morgan fingerprint density at radius 2 is 2.00 bits per heavy atom. The molecule has 0 aliphatic rings. The largest absolute Gasteiger partial charge is 0.393 e. The van der Waals surface area contributed by atoms with E-state index in [9.17, 15) is 9.59 Å². The van der Waals surface area contributed by atoms with Gasteiger partial charge < -0.3 is 9.84 Å². The van der Waals surface area contributed by atoms with Crippen LogP contribution in [0.1, 0.15) is 26.7 Å². The minimum Gasteiger partial charge on any atom is -0.393 e. The summed E-state index contributed by atoms with van der Waals surface area (Å²) in [4.78, 5) is 21.1. The van der Waals surface area contributed by atoms with Crippen LogP contribution in [-0.4, -0.2) is 23.1 Å². The van der Waals surface area contributed by atoms with Gasteiger partial charge in [0, 0.05) is 6.42 Å². The first-order valence-electron chi connectivity index (χ1n) is 3.47. The fourth-order valence-electron chi connectivity index (χ4n) is 0.482. The third-order valence-electron chi connectivity index (χ3n) is 0.978. The average Bonchev–Trinajstić information content (AvgIpc) is 1.85. The van der Waals surface area contributed by atoms with E-state index in [1.54, 1.807) is 6.92 Å². The van der Waals surface area contributed by atoms with Crippen molar-refractivity contribution in [2.24, 2.45) is 0 Å². The number of aliphatic hydroxyl groups excluding tert-OH is 1. The molecule has 0 aromatic rings. The summed E-state index contributed by atoms with van der Waals surface area (Å²) in [5.74, 6) is -1.23. The van der Waals surface area contributed by atoms with Gasteiger partial charge in [-0.15, -0.1) is 0 Å². The van der Waals surface area contributed by atoms with Crippen LogP contribution >= 0.6 is 0 Å². The molecule has 0 saturated carbocycles. The second-order valence-electron chi connectivity index (χ2n) is 2.25. The van der Waals surface area contributed by atoms with Crippen molar-refractivity contribution in [1.82, 2.24) is 0 Å². The summed E-state index contributed by atoms with van der Waals surface area (Å²) in [6.45, 7) is 3.05. The van der Waals surface area contributed by atoms with Gasteiger partial charge in [0.15, 0.2) is 0 Å². The first-order valence-corrected chi connectivity index (χ1v) is 3.47. The highest BCUT2D eigenvalue weighted by Crippen LogP contribution is 1.94. The maximum Gasteiger partial charge on any atom is 0.316 e. The van der Waals surface area contributed by atoms with Crippen LogP contribution in [0.4, 0.5) is 0 Å². The van der Waals surface area contributed by atoms with E-state index in [1.807, 2.05) is 0 Å². The van der Waals surface area contributed by atoms with E-state index in [1.165, 1.54) is 6.92 Å². The molecule has 0 amide bonds. The third kappa shape index (κ3) is 5.54. The molecule has 4 nitrogen and oxygen atoms in total. The van der Waals surface area contributed by atoms with Crippen molar-refractivity contribution in [2.45, 2.75) is 32.8 Å². The number of esters is 2. The lowest BCUT2D eigenvalue weighted by atomic mass is 10.3. The van der Waals surface area contributed by atoms with Crippen LogP contribution < -0.4 is 0 Å². The standard InChI is InChI=1S/C7H12O4/c1-3-6(9)11-7(10)4-5(2)8/h5,8H,3-4H2,1-2H3. The van der Waals surface area contributed by atoms with Crippen LogP contribution in [0.5, 0.6) is 0 Å². The van der Waals surface area contributed by atoms with E-state index < -0.39 is 18.0 Å². The minimum absolute atomic E-state index is 0.133. The van der Waals surface area contributed by atoms with E-state index in [0.717, 1.165) is 0 Å². The first-order chi connectivity index (χ1) is 5.06. The summed E-state index contributed by atoms with van der Waals surface area (Å²) in [6, 6.07) is 0. The molecule has 0 saturated heterocycles. The lowest BCUT2D eigenvalue weighted by molar-refractivity contribution is -0.160. The predicted molar refractivity (Wildman–Crippen MR) is 37.7 cm³/mol. The van der Waals surface area contributed by atoms with Gasteiger partial charge in [-0.25, -0.2) is 0 Å². The van der Waals surface area contributed by atoms with Gasteiger partial charge in [-0.2, -0.15) is 0 Å². The number of carbonyl (C=O) groups is 2. The Morgan fingerprint density at radius 1 is 1.45 bits per heavy atom. The molecule has 0 aliphatic heterocycles. The maximum absolute atomic E-state index is 10.6. The molecule has 1 N–H and O–H groups in total. The Morgan fingerprint density at radius 3 is 2.36 bits per heavy atom. The van der Waals surface area contributed by atoms with Gasteiger partial charge in [-0.1, -0.05) is 6.92 Å². The number of ether oxygens (including phenoxy) is 1. The van der Waals surface area contributed by atoms with Crippen molar-refractivity contribution in [1.29, 1.82) is 0 Å². The van der Waals surface area contributed by atoms with Gasteiger partial charge in [0.05, 0.1) is 12.5 Å². The van der Waals surface area contributed by atoms with Crippen molar-refractivity contribution in [3.63, 3.8) is 0 Å². The fourth-order valence-corrected chi connectivity index (χ4v) is 0.482. The van der Waals surface area contributed by atoms with E-state index in [4.69, 9.17) is 5.11 Å². The molecule has 64 valence electrons. The van der Waals surface area contributed by atoms with Gasteiger partial charge in [-0.05, 0) is 6.92 Å². The van der Waals surface area contributed by atoms with Gasteiger partial charge >= 0.3 is 11.9 Å². The second kappa shape index (κ2) is 4.85. The quantitative estimate of drug-likeness (QED) is 0.474. The molecule has 1 unspecified atom stereocenters. The van der Waals surface area contributed by atoms with Crippen LogP contribution in [0.3, 0.4) is 0 Å². The molecular formula is C7H12O4. The minimum atomic E-state index is -0.757. The Hall–Kier alpha value is -0.900. The molecule has 0 fully saturated rings. The molecule has 11 heavy (non-hydrogen) atoms. The highest BCUT2D eigenvalue weighted by Gasteiger charge is 2.10. The zero-order valence-electron chi connectivity index (χ0n) is 6.66. The van der Waals surface area contributed by atoms with Crippen molar-refractivity contribution in [3.05, 3.63) is 0 Å². The van der Waals surface area contributed by atoms with Gasteiger partial charge in [-0.3, -0.25) is 9.59 Å². The Kier molecular flexibility index (Phi) is 4.45. The van der Waals surface area contributed by atoms with Gasteiger partial charge in [0.2, 0.25) is 0 Å². The number of rotatable bonds is 3. The number of aliphatic hydroxyl groups is 1. The molecular weight excluding hydrogens is 148 g/mol. The summed E-state index contributed by atoms with van der Waals surface area (Å²) < 4.78 is 4.27. The molecule has 0 rings (SSSR count). The average molecular weight is 160 g/mol. The first kappa shape index (κ1) is 10.1. The fraction of sp³-hybridized carbons (Fsp3) is 0.714. The zero-order chi connectivity index (χ0) is 8.85. The highest BCUT2D eigenvalue weighted by atomic mass is 16.6. The van der Waals surface area contributed by atoms with E-state index in [-0.39, 0.29) is 12.8 Å². The highest BCUT2D eigenvalue weighted by molar-refractivity contribution is 5.85. The summed E-state index contributed by atoms with van der Waals surface area (Å²) >= 11 is 0. The topological polar surface area (TPSA) is 63.6 Å². The van der Waals surface area contributed by atoms with Crippen molar-refractivity contribution in [2.75, 3.05) is 0 Å². The number of hydrogen-bond donors (Lipinski definition) is 1. The predicted octanol–water partition coefficient (Wildman–Crippen LogP) is 0.237. The molecule has 0 aromatic heterocycles. The summed E-state index contributed by atoms with van der Waals surface area (Å²) in [7, 11) is 0. The SMILES string of the molecule is CCC(=O)OC(=O)CC(C)O. The van der Waals surface area contributed by atoms with E-state index >= 15 is 0 Å². The van der Waals surface area contributed by atoms with Crippen molar-refractivity contribution < 1.29 is 19.4 Å². The van der Waals surface area contributed by atoms with E-state index in [2.05, 4.69) is 4.74 Å². The lowest BCUT2D eigenvalue weighted by Gasteiger charge is -2.02. The van der Waals surface area contributed by atoms with Crippen LogP contribution in [0.15, 0.2) is 0 Å². The monoisotopic (exact) mass is 160 g/mol. The van der Waals surface area contributed by atoms with Crippen molar-refractivity contribution >= 4 is 11.9 Å².